The molecule has 0 saturated heterocycles. The molecule has 27 heavy (non-hydrogen) atoms. The van der Waals surface area contributed by atoms with E-state index in [0.29, 0.717) is 18.8 Å². The van der Waals surface area contributed by atoms with Gasteiger partial charge in [0.15, 0.2) is 0 Å². The number of hydrogen-bond donors (Lipinski definition) is 2. The van der Waals surface area contributed by atoms with Crippen LogP contribution in [0.5, 0.6) is 5.75 Å². The predicted octanol–water partition coefficient (Wildman–Crippen LogP) is 3.34. The van der Waals surface area contributed by atoms with Crippen molar-refractivity contribution in [2.75, 3.05) is 19.0 Å². The molecule has 1 aromatic heterocycles. The van der Waals surface area contributed by atoms with Crippen molar-refractivity contribution in [1.82, 2.24) is 15.3 Å². The molecule has 1 heterocycles. The average molecular weight is 366 g/mol. The number of nitrogens with one attached hydrogen (secondary N) is 2. The fourth-order valence-electron chi connectivity index (χ4n) is 2.49. The third-order valence-electron chi connectivity index (χ3n) is 3.87. The molecule has 0 aliphatic carbocycles. The van der Waals surface area contributed by atoms with Crippen LogP contribution in [-0.4, -0.2) is 29.5 Å². The number of carbonyl (C=O) groups is 1. The fourth-order valence-corrected chi connectivity index (χ4v) is 2.49. The lowest BCUT2D eigenvalue weighted by molar-refractivity contribution is 0.0949. The van der Waals surface area contributed by atoms with Crippen LogP contribution in [0.1, 0.15) is 16.1 Å². The molecule has 0 radical (unpaired) electrons. The topological polar surface area (TPSA) is 76.1 Å². The Hall–Kier alpha value is -3.48. The van der Waals surface area contributed by atoms with Crippen molar-refractivity contribution >= 4 is 17.4 Å². The molecule has 2 aromatic carbocycles. The summed E-state index contributed by atoms with van der Waals surface area (Å²) in [6.07, 6.45) is 1.93. The van der Waals surface area contributed by atoms with Crippen LogP contribution < -0.4 is 15.4 Å². The highest BCUT2D eigenvalue weighted by atomic mass is 19.1. The van der Waals surface area contributed by atoms with Crippen molar-refractivity contribution in [3.8, 4) is 5.75 Å². The van der Waals surface area contributed by atoms with Crippen LogP contribution in [0.15, 0.2) is 60.9 Å². The third kappa shape index (κ3) is 5.01. The van der Waals surface area contributed by atoms with Crippen molar-refractivity contribution in [2.24, 2.45) is 0 Å². The zero-order valence-electron chi connectivity index (χ0n) is 14.8. The van der Waals surface area contributed by atoms with Gasteiger partial charge in [0.1, 0.15) is 29.4 Å². The number of ether oxygens (including phenoxy) is 1. The minimum Gasteiger partial charge on any atom is -0.497 e. The number of para-hydroxylation sites is 1. The average Bonchev–Trinajstić information content (AvgIpc) is 2.70. The molecule has 0 spiro atoms. The van der Waals surface area contributed by atoms with E-state index < -0.39 is 5.82 Å². The second kappa shape index (κ2) is 8.75. The number of carbonyl (C=O) groups excluding carboxylic acids is 1. The normalized spacial score (nSPS) is 10.3. The standard InChI is InChI=1S/C20H19FN4O2/c1-27-15-6-4-5-14(11-15)9-10-22-20(26)18-12-19(24-13-23-18)25-17-8-3-2-7-16(17)21/h2-8,11-13H,9-10H2,1H3,(H,22,26)(H,23,24,25). The van der Waals surface area contributed by atoms with Crippen LogP contribution in [0.4, 0.5) is 15.9 Å². The smallest absolute Gasteiger partial charge is 0.270 e. The minimum atomic E-state index is -0.402. The van der Waals surface area contributed by atoms with Crippen LogP contribution in [0.3, 0.4) is 0 Å². The molecule has 0 aliphatic heterocycles. The van der Waals surface area contributed by atoms with Gasteiger partial charge in [-0.3, -0.25) is 4.79 Å². The maximum absolute atomic E-state index is 13.7. The van der Waals surface area contributed by atoms with E-state index in [1.807, 2.05) is 24.3 Å². The molecule has 138 valence electrons. The summed E-state index contributed by atoms with van der Waals surface area (Å²) in [6, 6.07) is 15.4. The van der Waals surface area contributed by atoms with E-state index in [1.165, 1.54) is 18.5 Å². The summed E-state index contributed by atoms with van der Waals surface area (Å²) < 4.78 is 18.9. The van der Waals surface area contributed by atoms with E-state index in [9.17, 15) is 9.18 Å². The second-order valence-corrected chi connectivity index (χ2v) is 5.75. The lowest BCUT2D eigenvalue weighted by atomic mass is 10.1. The number of rotatable bonds is 7. The van der Waals surface area contributed by atoms with Crippen molar-refractivity contribution in [1.29, 1.82) is 0 Å². The number of halogens is 1. The van der Waals surface area contributed by atoms with Crippen LogP contribution in [0.2, 0.25) is 0 Å². The molecule has 0 bridgehead atoms. The first-order chi connectivity index (χ1) is 13.2. The Bertz CT molecular complexity index is 933. The first-order valence-electron chi connectivity index (χ1n) is 8.40. The molecule has 7 heteroatoms. The van der Waals surface area contributed by atoms with E-state index in [0.717, 1.165) is 11.3 Å². The minimum absolute atomic E-state index is 0.203. The number of nitrogens with zero attached hydrogens (tertiary/aromatic N) is 2. The third-order valence-corrected chi connectivity index (χ3v) is 3.87. The number of benzene rings is 2. The number of amides is 1. The van der Waals surface area contributed by atoms with Crippen LogP contribution >= 0.6 is 0 Å². The Labute approximate surface area is 156 Å². The highest BCUT2D eigenvalue weighted by Gasteiger charge is 2.09. The lowest BCUT2D eigenvalue weighted by Crippen LogP contribution is -2.26. The van der Waals surface area contributed by atoms with Gasteiger partial charge in [0.25, 0.3) is 5.91 Å². The summed E-state index contributed by atoms with van der Waals surface area (Å²) in [5.74, 6) is 0.392. The van der Waals surface area contributed by atoms with E-state index in [4.69, 9.17) is 4.74 Å². The Morgan fingerprint density at radius 3 is 2.78 bits per heavy atom. The van der Waals surface area contributed by atoms with E-state index >= 15 is 0 Å². The summed E-state index contributed by atoms with van der Waals surface area (Å²) in [6.45, 7) is 0.450. The summed E-state index contributed by atoms with van der Waals surface area (Å²) in [4.78, 5) is 20.3. The van der Waals surface area contributed by atoms with Gasteiger partial charge < -0.3 is 15.4 Å². The summed E-state index contributed by atoms with van der Waals surface area (Å²) in [7, 11) is 1.61. The van der Waals surface area contributed by atoms with Crippen molar-refractivity contribution in [2.45, 2.75) is 6.42 Å². The largest absolute Gasteiger partial charge is 0.497 e. The first-order valence-corrected chi connectivity index (χ1v) is 8.40. The lowest BCUT2D eigenvalue weighted by Gasteiger charge is -2.09. The van der Waals surface area contributed by atoms with Gasteiger partial charge in [-0.1, -0.05) is 24.3 Å². The Kier molecular flexibility index (Phi) is 5.94. The van der Waals surface area contributed by atoms with E-state index in [1.54, 1.807) is 25.3 Å². The molecule has 0 aliphatic rings. The summed E-state index contributed by atoms with van der Waals surface area (Å²) in [5, 5.41) is 5.66. The molecule has 0 fully saturated rings. The number of methoxy groups -OCH3 is 1. The molecule has 6 nitrogen and oxygen atoms in total. The molecule has 3 aromatic rings. The molecular weight excluding hydrogens is 347 g/mol. The van der Waals surface area contributed by atoms with Gasteiger partial charge in [0.05, 0.1) is 12.8 Å². The van der Waals surface area contributed by atoms with Gasteiger partial charge in [-0.05, 0) is 36.2 Å². The van der Waals surface area contributed by atoms with Gasteiger partial charge in [0, 0.05) is 12.6 Å². The Balaban J connectivity index is 1.59. The van der Waals surface area contributed by atoms with Crippen LogP contribution in [0.25, 0.3) is 0 Å². The van der Waals surface area contributed by atoms with Crippen molar-refractivity contribution in [3.63, 3.8) is 0 Å². The molecule has 2 N–H and O–H groups in total. The monoisotopic (exact) mass is 366 g/mol. The summed E-state index contributed by atoms with van der Waals surface area (Å²) >= 11 is 0. The van der Waals surface area contributed by atoms with Gasteiger partial charge in [-0.15, -0.1) is 0 Å². The Morgan fingerprint density at radius 2 is 1.96 bits per heavy atom. The number of anilines is 2. The zero-order chi connectivity index (χ0) is 19.1. The van der Waals surface area contributed by atoms with Gasteiger partial charge in [-0.25, -0.2) is 14.4 Å². The molecule has 1 amide bonds. The number of hydrogen-bond acceptors (Lipinski definition) is 5. The van der Waals surface area contributed by atoms with Gasteiger partial charge in [0.2, 0.25) is 0 Å². The molecule has 0 atom stereocenters. The predicted molar refractivity (Wildman–Crippen MR) is 101 cm³/mol. The van der Waals surface area contributed by atoms with Crippen LogP contribution in [-0.2, 0) is 6.42 Å². The maximum atomic E-state index is 13.7. The Morgan fingerprint density at radius 1 is 1.11 bits per heavy atom. The highest BCUT2D eigenvalue weighted by Crippen LogP contribution is 2.18. The second-order valence-electron chi connectivity index (χ2n) is 5.75. The van der Waals surface area contributed by atoms with Gasteiger partial charge >= 0.3 is 0 Å². The van der Waals surface area contributed by atoms with Crippen molar-refractivity contribution in [3.05, 3.63) is 78.0 Å². The zero-order valence-corrected chi connectivity index (χ0v) is 14.8. The first kappa shape index (κ1) is 18.3. The molecule has 3 rings (SSSR count). The van der Waals surface area contributed by atoms with Crippen molar-refractivity contribution < 1.29 is 13.9 Å². The van der Waals surface area contributed by atoms with Crippen LogP contribution in [0, 0.1) is 5.82 Å². The molecular formula is C20H19FN4O2. The fraction of sp³-hybridized carbons (Fsp3) is 0.150. The van der Waals surface area contributed by atoms with E-state index in [2.05, 4.69) is 20.6 Å². The maximum Gasteiger partial charge on any atom is 0.270 e. The SMILES string of the molecule is COc1cccc(CCNC(=O)c2cc(Nc3ccccc3F)ncn2)c1. The quantitative estimate of drug-likeness (QED) is 0.671. The van der Waals surface area contributed by atoms with Gasteiger partial charge in [-0.2, -0.15) is 0 Å². The summed E-state index contributed by atoms with van der Waals surface area (Å²) in [5.41, 5.74) is 1.54. The number of aromatic nitrogens is 2. The van der Waals surface area contributed by atoms with E-state index in [-0.39, 0.29) is 17.3 Å². The highest BCUT2D eigenvalue weighted by molar-refractivity contribution is 5.92. The molecule has 0 saturated carbocycles. The molecule has 0 unspecified atom stereocenters.